The minimum absolute atomic E-state index is 0.0452. The standard InChI is InChI=1S/C22H23N3O3/c26-20(23-14-15-7-3-1-4-8-15)16-11-12-19-18(13-16)24-21(27)22(28)25(19)17-9-5-2-6-10-17/h1,3-4,7-8,11-13,17H,2,5-6,9-10,14H2,(H,23,26)(H,24,27). The van der Waals surface area contributed by atoms with Crippen LogP contribution in [0.4, 0.5) is 0 Å². The zero-order valence-corrected chi connectivity index (χ0v) is 15.6. The number of nitrogens with zero attached hydrogens (tertiary/aromatic N) is 1. The number of benzene rings is 2. The molecular weight excluding hydrogens is 354 g/mol. The number of aromatic nitrogens is 2. The second kappa shape index (κ2) is 7.84. The van der Waals surface area contributed by atoms with Crippen LogP contribution >= 0.6 is 0 Å². The van der Waals surface area contributed by atoms with E-state index in [0.717, 1.165) is 37.7 Å². The maximum absolute atomic E-state index is 12.5. The average Bonchev–Trinajstić information content (AvgIpc) is 2.74. The zero-order chi connectivity index (χ0) is 19.5. The van der Waals surface area contributed by atoms with E-state index in [-0.39, 0.29) is 11.9 Å². The lowest BCUT2D eigenvalue weighted by Gasteiger charge is -2.25. The Labute approximate surface area is 162 Å². The van der Waals surface area contributed by atoms with E-state index >= 15 is 0 Å². The summed E-state index contributed by atoms with van der Waals surface area (Å²) >= 11 is 0. The minimum Gasteiger partial charge on any atom is -0.348 e. The Morgan fingerprint density at radius 1 is 1.04 bits per heavy atom. The molecule has 2 aromatic carbocycles. The van der Waals surface area contributed by atoms with Crippen LogP contribution in [0.15, 0.2) is 58.1 Å². The number of H-pyrrole nitrogens is 1. The van der Waals surface area contributed by atoms with E-state index in [4.69, 9.17) is 0 Å². The van der Waals surface area contributed by atoms with Gasteiger partial charge in [0.05, 0.1) is 11.0 Å². The Hall–Kier alpha value is -3.15. The summed E-state index contributed by atoms with van der Waals surface area (Å²) in [6, 6.07) is 14.8. The highest BCUT2D eigenvalue weighted by molar-refractivity contribution is 5.97. The number of nitrogens with one attached hydrogen (secondary N) is 2. The van der Waals surface area contributed by atoms with Crippen molar-refractivity contribution in [2.24, 2.45) is 0 Å². The van der Waals surface area contributed by atoms with Gasteiger partial charge in [-0.25, -0.2) is 0 Å². The van der Waals surface area contributed by atoms with Crippen LogP contribution in [0, 0.1) is 0 Å². The summed E-state index contributed by atoms with van der Waals surface area (Å²) in [7, 11) is 0. The summed E-state index contributed by atoms with van der Waals surface area (Å²) < 4.78 is 1.62. The van der Waals surface area contributed by atoms with Crippen molar-refractivity contribution in [3.63, 3.8) is 0 Å². The second-order valence-electron chi connectivity index (χ2n) is 7.32. The quantitative estimate of drug-likeness (QED) is 0.685. The molecule has 0 bridgehead atoms. The van der Waals surface area contributed by atoms with Crippen molar-refractivity contribution < 1.29 is 4.79 Å². The maximum atomic E-state index is 12.5. The largest absolute Gasteiger partial charge is 0.348 e. The second-order valence-corrected chi connectivity index (χ2v) is 7.32. The molecule has 0 saturated heterocycles. The molecule has 6 nitrogen and oxygen atoms in total. The Morgan fingerprint density at radius 2 is 1.79 bits per heavy atom. The van der Waals surface area contributed by atoms with Gasteiger partial charge in [-0.2, -0.15) is 0 Å². The Kier molecular flexibility index (Phi) is 5.10. The summed E-state index contributed by atoms with van der Waals surface area (Å²) in [5.41, 5.74) is 1.50. The van der Waals surface area contributed by atoms with Gasteiger partial charge < -0.3 is 10.3 Å². The van der Waals surface area contributed by atoms with Gasteiger partial charge >= 0.3 is 11.1 Å². The monoisotopic (exact) mass is 377 g/mol. The van der Waals surface area contributed by atoms with Crippen molar-refractivity contribution in [1.82, 2.24) is 14.9 Å². The van der Waals surface area contributed by atoms with E-state index < -0.39 is 11.1 Å². The highest BCUT2D eigenvalue weighted by Gasteiger charge is 2.20. The average molecular weight is 377 g/mol. The van der Waals surface area contributed by atoms with Gasteiger partial charge in [0.1, 0.15) is 0 Å². The molecule has 0 unspecified atom stereocenters. The van der Waals surface area contributed by atoms with Crippen molar-refractivity contribution in [3.8, 4) is 0 Å². The molecule has 0 atom stereocenters. The van der Waals surface area contributed by atoms with E-state index in [2.05, 4.69) is 10.3 Å². The number of rotatable bonds is 4. The topological polar surface area (TPSA) is 84.0 Å². The van der Waals surface area contributed by atoms with Crippen LogP contribution in [0.1, 0.15) is 54.1 Å². The van der Waals surface area contributed by atoms with Gasteiger partial charge in [0.2, 0.25) is 0 Å². The van der Waals surface area contributed by atoms with Crippen molar-refractivity contribution in [3.05, 3.63) is 80.4 Å². The summed E-state index contributed by atoms with van der Waals surface area (Å²) in [5, 5.41) is 2.88. The molecule has 1 saturated carbocycles. The summed E-state index contributed by atoms with van der Waals surface area (Å²) in [4.78, 5) is 39.9. The molecule has 2 N–H and O–H groups in total. The van der Waals surface area contributed by atoms with Crippen LogP contribution in [-0.2, 0) is 6.54 Å². The molecule has 1 aromatic heterocycles. The third-order valence-corrected chi connectivity index (χ3v) is 5.42. The van der Waals surface area contributed by atoms with E-state index in [9.17, 15) is 14.4 Å². The summed E-state index contributed by atoms with van der Waals surface area (Å²) in [5.74, 6) is -0.220. The highest BCUT2D eigenvalue weighted by Crippen LogP contribution is 2.29. The molecule has 0 radical (unpaired) electrons. The zero-order valence-electron chi connectivity index (χ0n) is 15.6. The molecule has 0 spiro atoms. The first kappa shape index (κ1) is 18.2. The summed E-state index contributed by atoms with van der Waals surface area (Å²) in [6.07, 6.45) is 5.09. The van der Waals surface area contributed by atoms with Gasteiger partial charge in [0.15, 0.2) is 0 Å². The smallest absolute Gasteiger partial charge is 0.316 e. The number of hydrogen-bond donors (Lipinski definition) is 2. The fourth-order valence-electron chi connectivity index (χ4n) is 3.96. The Bertz CT molecular complexity index is 1110. The molecule has 1 fully saturated rings. The molecule has 6 heteroatoms. The third kappa shape index (κ3) is 3.63. The fourth-order valence-corrected chi connectivity index (χ4v) is 3.96. The van der Waals surface area contributed by atoms with Crippen LogP contribution in [0.25, 0.3) is 11.0 Å². The predicted molar refractivity (Wildman–Crippen MR) is 109 cm³/mol. The molecular formula is C22H23N3O3. The van der Waals surface area contributed by atoms with Crippen molar-refractivity contribution in [2.45, 2.75) is 44.7 Å². The fraction of sp³-hybridized carbons (Fsp3) is 0.318. The molecule has 3 aromatic rings. The van der Waals surface area contributed by atoms with E-state index in [1.807, 2.05) is 30.3 Å². The number of aromatic amines is 1. The Morgan fingerprint density at radius 3 is 2.54 bits per heavy atom. The van der Waals surface area contributed by atoms with Gasteiger partial charge in [0.25, 0.3) is 5.91 Å². The first-order valence-electron chi connectivity index (χ1n) is 9.74. The van der Waals surface area contributed by atoms with Crippen molar-refractivity contribution in [2.75, 3.05) is 0 Å². The summed E-state index contributed by atoms with van der Waals surface area (Å²) in [6.45, 7) is 0.426. The molecule has 1 aliphatic carbocycles. The Balaban J connectivity index is 1.65. The van der Waals surface area contributed by atoms with Crippen LogP contribution in [0.3, 0.4) is 0 Å². The lowest BCUT2D eigenvalue weighted by Crippen LogP contribution is -2.39. The van der Waals surface area contributed by atoms with Crippen molar-refractivity contribution in [1.29, 1.82) is 0 Å². The predicted octanol–water partition coefficient (Wildman–Crippen LogP) is 3.13. The van der Waals surface area contributed by atoms with E-state index in [1.165, 1.54) is 0 Å². The van der Waals surface area contributed by atoms with Gasteiger partial charge in [-0.05, 0) is 36.6 Å². The van der Waals surface area contributed by atoms with E-state index in [1.54, 1.807) is 22.8 Å². The van der Waals surface area contributed by atoms with E-state index in [0.29, 0.717) is 23.1 Å². The number of carbonyl (C=O) groups is 1. The number of amides is 1. The molecule has 1 amide bonds. The van der Waals surface area contributed by atoms with Gasteiger partial charge in [0, 0.05) is 18.2 Å². The SMILES string of the molecule is O=C(NCc1ccccc1)c1ccc2c(c1)[nH]c(=O)c(=O)n2C1CCCCC1. The lowest BCUT2D eigenvalue weighted by atomic mass is 9.95. The molecule has 1 aliphatic rings. The first-order valence-corrected chi connectivity index (χ1v) is 9.74. The highest BCUT2D eigenvalue weighted by atomic mass is 16.2. The molecule has 0 aliphatic heterocycles. The lowest BCUT2D eigenvalue weighted by molar-refractivity contribution is 0.0951. The van der Waals surface area contributed by atoms with Gasteiger partial charge in [-0.1, -0.05) is 49.6 Å². The third-order valence-electron chi connectivity index (χ3n) is 5.42. The van der Waals surface area contributed by atoms with Crippen LogP contribution in [-0.4, -0.2) is 15.5 Å². The van der Waals surface area contributed by atoms with Crippen LogP contribution in [0.2, 0.25) is 0 Å². The number of carbonyl (C=O) groups excluding carboxylic acids is 1. The molecule has 4 rings (SSSR count). The number of hydrogen-bond acceptors (Lipinski definition) is 3. The van der Waals surface area contributed by atoms with Crippen LogP contribution in [0.5, 0.6) is 0 Å². The van der Waals surface area contributed by atoms with Crippen molar-refractivity contribution >= 4 is 16.9 Å². The normalized spacial score (nSPS) is 14.9. The maximum Gasteiger partial charge on any atom is 0.316 e. The van der Waals surface area contributed by atoms with Gasteiger partial charge in [-0.15, -0.1) is 0 Å². The molecule has 1 heterocycles. The first-order chi connectivity index (χ1) is 13.6. The minimum atomic E-state index is -0.639. The molecule has 28 heavy (non-hydrogen) atoms. The molecule has 144 valence electrons. The van der Waals surface area contributed by atoms with Gasteiger partial charge in [-0.3, -0.25) is 19.0 Å². The number of fused-ring (bicyclic) bond motifs is 1. The van der Waals surface area contributed by atoms with Crippen LogP contribution < -0.4 is 16.4 Å².